The Balaban J connectivity index is 2.17. The van der Waals surface area contributed by atoms with Crippen LogP contribution >= 0.6 is 27.5 Å². The Hall–Kier alpha value is -1.92. The standard InChI is InChI=1S/C14H9BrClFN2O2/c15-10-3-1-9(12(17)6-10)7-18-19-13-5-8(14(20)21)2-4-11(13)16/h1-7,19H,(H,20,21)/b18-7-. The van der Waals surface area contributed by atoms with Gasteiger partial charge in [0.05, 0.1) is 22.5 Å². The van der Waals surface area contributed by atoms with E-state index in [0.717, 1.165) is 0 Å². The molecule has 0 saturated carbocycles. The molecule has 0 atom stereocenters. The van der Waals surface area contributed by atoms with Crippen molar-refractivity contribution < 1.29 is 14.3 Å². The van der Waals surface area contributed by atoms with E-state index in [1.54, 1.807) is 12.1 Å². The van der Waals surface area contributed by atoms with Crippen LogP contribution in [-0.4, -0.2) is 17.3 Å². The van der Waals surface area contributed by atoms with Crippen LogP contribution in [0.1, 0.15) is 15.9 Å². The topological polar surface area (TPSA) is 61.7 Å². The summed E-state index contributed by atoms with van der Waals surface area (Å²) in [6.07, 6.45) is 1.28. The maximum Gasteiger partial charge on any atom is 0.335 e. The van der Waals surface area contributed by atoms with Gasteiger partial charge in [0.25, 0.3) is 0 Å². The van der Waals surface area contributed by atoms with Crippen molar-refractivity contribution in [3.63, 3.8) is 0 Å². The molecule has 0 bridgehead atoms. The Bertz CT molecular complexity index is 722. The molecule has 2 N–H and O–H groups in total. The van der Waals surface area contributed by atoms with E-state index in [9.17, 15) is 9.18 Å². The molecule has 2 aromatic rings. The van der Waals surface area contributed by atoms with E-state index in [4.69, 9.17) is 16.7 Å². The van der Waals surface area contributed by atoms with Crippen LogP contribution in [0, 0.1) is 5.82 Å². The van der Waals surface area contributed by atoms with Gasteiger partial charge in [0, 0.05) is 10.0 Å². The molecule has 2 rings (SSSR count). The molecular formula is C14H9BrClFN2O2. The highest BCUT2D eigenvalue weighted by Gasteiger charge is 2.06. The molecule has 0 saturated heterocycles. The van der Waals surface area contributed by atoms with Crippen molar-refractivity contribution in [2.24, 2.45) is 5.10 Å². The van der Waals surface area contributed by atoms with E-state index in [1.807, 2.05) is 0 Å². The third-order valence-corrected chi connectivity index (χ3v) is 3.39. The van der Waals surface area contributed by atoms with Gasteiger partial charge in [0.1, 0.15) is 5.82 Å². The summed E-state index contributed by atoms with van der Waals surface area (Å²) in [5.41, 5.74) is 3.28. The summed E-state index contributed by atoms with van der Waals surface area (Å²) in [5.74, 6) is -1.50. The Morgan fingerprint density at radius 3 is 2.76 bits per heavy atom. The molecule has 2 aromatic carbocycles. The highest BCUT2D eigenvalue weighted by molar-refractivity contribution is 9.10. The van der Waals surface area contributed by atoms with E-state index < -0.39 is 11.8 Å². The van der Waals surface area contributed by atoms with Crippen LogP contribution in [0.4, 0.5) is 10.1 Å². The van der Waals surface area contributed by atoms with Crippen molar-refractivity contribution in [1.82, 2.24) is 0 Å². The number of carbonyl (C=O) groups is 1. The summed E-state index contributed by atoms with van der Waals surface area (Å²) in [6, 6.07) is 8.73. The molecule has 7 heteroatoms. The number of halogens is 3. The second kappa shape index (κ2) is 6.69. The Morgan fingerprint density at radius 2 is 2.10 bits per heavy atom. The lowest BCUT2D eigenvalue weighted by Crippen LogP contribution is -1.99. The number of anilines is 1. The van der Waals surface area contributed by atoms with Gasteiger partial charge in [-0.05, 0) is 36.4 Å². The lowest BCUT2D eigenvalue weighted by molar-refractivity contribution is 0.0697. The first-order valence-corrected chi connectivity index (χ1v) is 6.91. The van der Waals surface area contributed by atoms with Crippen LogP contribution in [0.2, 0.25) is 5.02 Å². The summed E-state index contributed by atoms with van der Waals surface area (Å²) in [6.45, 7) is 0. The summed E-state index contributed by atoms with van der Waals surface area (Å²) in [7, 11) is 0. The molecule has 21 heavy (non-hydrogen) atoms. The average molecular weight is 372 g/mol. The van der Waals surface area contributed by atoms with Gasteiger partial charge < -0.3 is 5.11 Å². The smallest absolute Gasteiger partial charge is 0.335 e. The van der Waals surface area contributed by atoms with Gasteiger partial charge in [-0.25, -0.2) is 9.18 Å². The number of hydrogen-bond acceptors (Lipinski definition) is 3. The fourth-order valence-electron chi connectivity index (χ4n) is 1.52. The number of hydrazone groups is 1. The Morgan fingerprint density at radius 1 is 1.33 bits per heavy atom. The molecular weight excluding hydrogens is 363 g/mol. The zero-order chi connectivity index (χ0) is 15.4. The van der Waals surface area contributed by atoms with Gasteiger partial charge in [-0.3, -0.25) is 5.43 Å². The summed E-state index contributed by atoms with van der Waals surface area (Å²) < 4.78 is 14.2. The van der Waals surface area contributed by atoms with Crippen molar-refractivity contribution in [2.75, 3.05) is 5.43 Å². The maximum absolute atomic E-state index is 13.6. The fourth-order valence-corrected chi connectivity index (χ4v) is 2.01. The molecule has 0 aliphatic heterocycles. The fraction of sp³-hybridized carbons (Fsp3) is 0. The van der Waals surface area contributed by atoms with Crippen molar-refractivity contribution in [3.8, 4) is 0 Å². The molecule has 0 aliphatic rings. The van der Waals surface area contributed by atoms with Gasteiger partial charge in [0.2, 0.25) is 0 Å². The number of rotatable bonds is 4. The van der Waals surface area contributed by atoms with Crippen molar-refractivity contribution in [3.05, 3.63) is 62.8 Å². The first kappa shape index (κ1) is 15.5. The van der Waals surface area contributed by atoms with Crippen molar-refractivity contribution >= 4 is 45.4 Å². The average Bonchev–Trinajstić information content (AvgIpc) is 2.43. The molecule has 0 aromatic heterocycles. The number of benzene rings is 2. The number of nitrogens with zero attached hydrogens (tertiary/aromatic N) is 1. The van der Waals surface area contributed by atoms with Crippen LogP contribution in [-0.2, 0) is 0 Å². The summed E-state index contributed by atoms with van der Waals surface area (Å²) >= 11 is 9.08. The van der Waals surface area contributed by atoms with Gasteiger partial charge in [-0.15, -0.1) is 0 Å². The minimum atomic E-state index is -1.07. The van der Waals surface area contributed by atoms with Crippen molar-refractivity contribution in [2.45, 2.75) is 0 Å². The molecule has 0 unspecified atom stereocenters. The zero-order valence-corrected chi connectivity index (χ0v) is 12.8. The quantitative estimate of drug-likeness (QED) is 0.619. The largest absolute Gasteiger partial charge is 0.478 e. The van der Waals surface area contributed by atoms with Crippen LogP contribution in [0.15, 0.2) is 46.0 Å². The minimum absolute atomic E-state index is 0.0759. The molecule has 0 spiro atoms. The van der Waals surface area contributed by atoms with Gasteiger partial charge in [-0.1, -0.05) is 27.5 Å². The molecule has 0 aliphatic carbocycles. The highest BCUT2D eigenvalue weighted by Crippen LogP contribution is 2.23. The number of aromatic carboxylic acids is 1. The highest BCUT2D eigenvalue weighted by atomic mass is 79.9. The first-order chi connectivity index (χ1) is 9.97. The molecule has 0 fully saturated rings. The van der Waals surface area contributed by atoms with Gasteiger partial charge in [0.15, 0.2) is 0 Å². The lowest BCUT2D eigenvalue weighted by atomic mass is 10.2. The van der Waals surface area contributed by atoms with Crippen LogP contribution in [0.25, 0.3) is 0 Å². The van der Waals surface area contributed by atoms with E-state index in [0.29, 0.717) is 15.2 Å². The third kappa shape index (κ3) is 4.03. The zero-order valence-electron chi connectivity index (χ0n) is 10.5. The van der Waals surface area contributed by atoms with Crippen molar-refractivity contribution in [1.29, 1.82) is 0 Å². The molecule has 108 valence electrons. The third-order valence-electron chi connectivity index (χ3n) is 2.56. The second-order valence-electron chi connectivity index (χ2n) is 4.04. The maximum atomic E-state index is 13.6. The molecule has 0 radical (unpaired) electrons. The first-order valence-electron chi connectivity index (χ1n) is 5.74. The van der Waals surface area contributed by atoms with E-state index >= 15 is 0 Å². The normalized spacial score (nSPS) is 10.8. The second-order valence-corrected chi connectivity index (χ2v) is 5.36. The number of carboxylic acids is 1. The van der Waals surface area contributed by atoms with Gasteiger partial charge >= 0.3 is 5.97 Å². The number of carboxylic acid groups (broad SMARTS) is 1. The molecule has 0 amide bonds. The van der Waals surface area contributed by atoms with Crippen LogP contribution in [0.5, 0.6) is 0 Å². The minimum Gasteiger partial charge on any atom is -0.478 e. The summed E-state index contributed by atoms with van der Waals surface area (Å²) in [5, 5.41) is 13.1. The molecule has 0 heterocycles. The SMILES string of the molecule is O=C(O)c1ccc(Cl)c(N/N=C\c2ccc(Br)cc2F)c1. The monoisotopic (exact) mass is 370 g/mol. The van der Waals surface area contributed by atoms with Gasteiger partial charge in [-0.2, -0.15) is 5.10 Å². The number of nitrogens with one attached hydrogen (secondary N) is 1. The summed E-state index contributed by atoms with van der Waals surface area (Å²) in [4.78, 5) is 10.9. The predicted molar refractivity (Wildman–Crippen MR) is 83.7 cm³/mol. The van der Waals surface area contributed by atoms with E-state index in [2.05, 4.69) is 26.5 Å². The van der Waals surface area contributed by atoms with Crippen LogP contribution in [0.3, 0.4) is 0 Å². The molecule has 4 nitrogen and oxygen atoms in total. The number of hydrogen-bond donors (Lipinski definition) is 2. The Labute approximate surface area is 133 Å². The van der Waals surface area contributed by atoms with E-state index in [1.165, 1.54) is 30.5 Å². The van der Waals surface area contributed by atoms with E-state index in [-0.39, 0.29) is 11.1 Å². The van der Waals surface area contributed by atoms with Crippen LogP contribution < -0.4 is 5.43 Å². The lowest BCUT2D eigenvalue weighted by Gasteiger charge is -2.04. The predicted octanol–water partition coefficient (Wildman–Crippen LogP) is 4.39. The Kier molecular flexibility index (Phi) is 4.93.